The van der Waals surface area contributed by atoms with Crippen LogP contribution in [0.5, 0.6) is 0 Å². The Kier molecular flexibility index (Phi) is 3.40. The lowest BCUT2D eigenvalue weighted by Crippen LogP contribution is -1.76. The van der Waals surface area contributed by atoms with E-state index in [-0.39, 0.29) is 0 Å². The minimum absolute atomic E-state index is 0.939. The average Bonchev–Trinajstić information content (AvgIpc) is 3.33. The monoisotopic (exact) mass is 376 g/mol. The van der Waals surface area contributed by atoms with E-state index in [9.17, 15) is 0 Å². The summed E-state index contributed by atoms with van der Waals surface area (Å²) in [7, 11) is 0. The first kappa shape index (κ1) is 15.7. The first-order valence-corrected chi connectivity index (χ1v) is 10.2. The Bertz CT molecular complexity index is 1450. The van der Waals surface area contributed by atoms with E-state index in [2.05, 4.69) is 84.9 Å². The van der Waals surface area contributed by atoms with Crippen LogP contribution in [0.4, 0.5) is 0 Å². The fourth-order valence-corrected chi connectivity index (χ4v) is 5.37. The first-order chi connectivity index (χ1) is 13.9. The summed E-state index contributed by atoms with van der Waals surface area (Å²) in [6, 6.07) is 34.0. The molecule has 0 amide bonds. The van der Waals surface area contributed by atoms with Crippen molar-refractivity contribution in [2.75, 3.05) is 0 Å². The number of thiophene rings is 1. The van der Waals surface area contributed by atoms with Crippen molar-refractivity contribution in [1.82, 2.24) is 0 Å². The largest absolute Gasteiger partial charge is 0.456 e. The van der Waals surface area contributed by atoms with Crippen LogP contribution in [0.1, 0.15) is 0 Å². The van der Waals surface area contributed by atoms with Crippen molar-refractivity contribution in [2.24, 2.45) is 0 Å². The Labute approximate surface area is 166 Å². The van der Waals surface area contributed by atoms with Crippen LogP contribution in [0.25, 0.3) is 53.6 Å². The Hall–Kier alpha value is -3.36. The van der Waals surface area contributed by atoms with E-state index in [1.807, 2.05) is 23.5 Å². The third-order valence-corrected chi connectivity index (χ3v) is 6.61. The number of fused-ring (bicyclic) bond motifs is 4. The van der Waals surface area contributed by atoms with Gasteiger partial charge in [0.2, 0.25) is 0 Å². The van der Waals surface area contributed by atoms with E-state index < -0.39 is 0 Å². The highest BCUT2D eigenvalue weighted by molar-refractivity contribution is 7.21. The molecule has 1 nitrogen and oxygen atoms in total. The van der Waals surface area contributed by atoms with Gasteiger partial charge in [-0.25, -0.2) is 0 Å². The Morgan fingerprint density at radius 2 is 1.14 bits per heavy atom. The molecule has 0 saturated carbocycles. The molecule has 0 N–H and O–H groups in total. The van der Waals surface area contributed by atoms with Gasteiger partial charge in [-0.2, -0.15) is 0 Å². The van der Waals surface area contributed by atoms with E-state index in [4.69, 9.17) is 4.42 Å². The van der Waals surface area contributed by atoms with Gasteiger partial charge in [-0.15, -0.1) is 11.3 Å². The molecule has 0 saturated heterocycles. The molecule has 0 radical (unpaired) electrons. The Balaban J connectivity index is 1.73. The molecule has 132 valence electrons. The molecule has 0 fully saturated rings. The molecule has 0 aliphatic rings. The van der Waals surface area contributed by atoms with Crippen molar-refractivity contribution in [3.8, 4) is 20.9 Å². The van der Waals surface area contributed by atoms with Gasteiger partial charge in [-0.05, 0) is 17.7 Å². The van der Waals surface area contributed by atoms with Gasteiger partial charge in [-0.3, -0.25) is 0 Å². The van der Waals surface area contributed by atoms with Gasteiger partial charge in [0, 0.05) is 36.9 Å². The van der Waals surface area contributed by atoms with Crippen molar-refractivity contribution in [3.05, 3.63) is 97.1 Å². The van der Waals surface area contributed by atoms with Crippen LogP contribution in [-0.2, 0) is 0 Å². The molecule has 0 atom stereocenters. The van der Waals surface area contributed by atoms with Gasteiger partial charge in [0.05, 0.1) is 0 Å². The van der Waals surface area contributed by atoms with Crippen molar-refractivity contribution in [1.29, 1.82) is 0 Å². The standard InChI is InChI=1S/C26H16OS/c1-2-9-17(10-3-1)25-18-11-4-5-12-19(18)26(28-25)21-14-8-16-23-24(21)20-13-6-7-15-22(20)27-23/h1-16H. The van der Waals surface area contributed by atoms with Crippen molar-refractivity contribution in [2.45, 2.75) is 0 Å². The minimum atomic E-state index is 0.939. The third kappa shape index (κ3) is 2.25. The summed E-state index contributed by atoms with van der Waals surface area (Å²) in [6.45, 7) is 0. The smallest absolute Gasteiger partial charge is 0.136 e. The highest BCUT2D eigenvalue weighted by Gasteiger charge is 2.18. The van der Waals surface area contributed by atoms with Gasteiger partial charge in [0.15, 0.2) is 0 Å². The molecule has 4 aromatic carbocycles. The molecule has 2 heterocycles. The molecule has 6 aromatic rings. The summed E-state index contributed by atoms with van der Waals surface area (Å²) in [4.78, 5) is 2.61. The van der Waals surface area contributed by atoms with E-state index in [0.717, 1.165) is 11.2 Å². The molecule has 0 bridgehead atoms. The second-order valence-electron chi connectivity index (χ2n) is 6.95. The zero-order valence-corrected chi connectivity index (χ0v) is 15.9. The normalized spacial score (nSPS) is 11.6. The minimum Gasteiger partial charge on any atom is -0.456 e. The maximum atomic E-state index is 6.12. The van der Waals surface area contributed by atoms with E-state index in [1.54, 1.807) is 0 Å². The van der Waals surface area contributed by atoms with Gasteiger partial charge in [0.1, 0.15) is 11.2 Å². The van der Waals surface area contributed by atoms with Gasteiger partial charge >= 0.3 is 0 Å². The Morgan fingerprint density at radius 1 is 0.500 bits per heavy atom. The summed E-state index contributed by atoms with van der Waals surface area (Å²) >= 11 is 1.86. The van der Waals surface area contributed by atoms with Crippen LogP contribution < -0.4 is 0 Å². The van der Waals surface area contributed by atoms with E-state index >= 15 is 0 Å². The lowest BCUT2D eigenvalue weighted by atomic mass is 10.0. The molecule has 0 unspecified atom stereocenters. The summed E-state index contributed by atoms with van der Waals surface area (Å²) < 4.78 is 6.12. The van der Waals surface area contributed by atoms with Gasteiger partial charge < -0.3 is 4.42 Å². The van der Waals surface area contributed by atoms with Crippen LogP contribution in [-0.4, -0.2) is 0 Å². The van der Waals surface area contributed by atoms with Crippen LogP contribution in [0.15, 0.2) is 101 Å². The van der Waals surface area contributed by atoms with Crippen molar-refractivity contribution in [3.63, 3.8) is 0 Å². The van der Waals surface area contributed by atoms with Crippen LogP contribution in [0, 0.1) is 0 Å². The highest BCUT2D eigenvalue weighted by Crippen LogP contribution is 2.47. The summed E-state index contributed by atoms with van der Waals surface area (Å²) in [5.41, 5.74) is 4.39. The lowest BCUT2D eigenvalue weighted by molar-refractivity contribution is 0.669. The maximum Gasteiger partial charge on any atom is 0.136 e. The molecule has 28 heavy (non-hydrogen) atoms. The highest BCUT2D eigenvalue weighted by atomic mass is 32.1. The topological polar surface area (TPSA) is 13.1 Å². The van der Waals surface area contributed by atoms with Crippen LogP contribution in [0.2, 0.25) is 0 Å². The molecule has 2 aromatic heterocycles. The summed E-state index contributed by atoms with van der Waals surface area (Å²) in [5.74, 6) is 0. The molecule has 0 aliphatic carbocycles. The number of para-hydroxylation sites is 1. The molecule has 0 aliphatic heterocycles. The number of furan rings is 1. The molecule has 2 heteroatoms. The first-order valence-electron chi connectivity index (χ1n) is 9.38. The lowest BCUT2D eigenvalue weighted by Gasteiger charge is -2.02. The van der Waals surface area contributed by atoms with E-state index in [0.29, 0.717) is 0 Å². The number of rotatable bonds is 2. The van der Waals surface area contributed by atoms with Crippen LogP contribution in [0.3, 0.4) is 0 Å². The quantitative estimate of drug-likeness (QED) is 0.297. The fourth-order valence-electron chi connectivity index (χ4n) is 4.06. The number of benzene rings is 4. The van der Waals surface area contributed by atoms with Crippen LogP contribution >= 0.6 is 11.3 Å². The second kappa shape index (κ2) is 6.08. The van der Waals surface area contributed by atoms with Crippen molar-refractivity contribution < 1.29 is 4.42 Å². The second-order valence-corrected chi connectivity index (χ2v) is 7.97. The molecular formula is C26H16OS. The predicted molar refractivity (Wildman–Crippen MR) is 120 cm³/mol. The molecular weight excluding hydrogens is 360 g/mol. The number of hydrogen-bond acceptors (Lipinski definition) is 2. The zero-order valence-electron chi connectivity index (χ0n) is 15.1. The summed E-state index contributed by atoms with van der Waals surface area (Å²) in [6.07, 6.45) is 0. The third-order valence-electron chi connectivity index (χ3n) is 5.30. The van der Waals surface area contributed by atoms with Gasteiger partial charge in [-0.1, -0.05) is 84.9 Å². The SMILES string of the molecule is c1ccc(-c2sc(-c3cccc4oc5ccccc5c34)c3ccccc23)cc1. The maximum absolute atomic E-state index is 6.12. The molecule has 6 rings (SSSR count). The van der Waals surface area contributed by atoms with Gasteiger partial charge in [0.25, 0.3) is 0 Å². The Morgan fingerprint density at radius 3 is 1.96 bits per heavy atom. The van der Waals surface area contributed by atoms with Crippen molar-refractivity contribution >= 4 is 44.0 Å². The zero-order chi connectivity index (χ0) is 18.5. The summed E-state index contributed by atoms with van der Waals surface area (Å²) in [5, 5.41) is 4.97. The number of hydrogen-bond donors (Lipinski definition) is 0. The fraction of sp³-hybridized carbons (Fsp3) is 0. The van der Waals surface area contributed by atoms with E-state index in [1.165, 1.54) is 42.4 Å². The average molecular weight is 376 g/mol. The molecule has 0 spiro atoms. The predicted octanol–water partition coefficient (Wildman–Crippen LogP) is 8.13.